The Hall–Kier alpha value is -4.59. The molecule has 5 aromatic carbocycles. The predicted molar refractivity (Wildman–Crippen MR) is 142 cm³/mol. The van der Waals surface area contributed by atoms with Crippen molar-refractivity contribution in [1.82, 2.24) is 0 Å². The maximum Gasteiger partial charge on any atom is 0.834 e. The maximum atomic E-state index is 15.5. The highest BCUT2D eigenvalue weighted by molar-refractivity contribution is 6.54. The molecule has 0 bridgehead atoms. The molecule has 0 aromatic heterocycles. The summed E-state index contributed by atoms with van der Waals surface area (Å²) in [6, 6.07) is 26.9. The molecule has 0 saturated heterocycles. The van der Waals surface area contributed by atoms with Gasteiger partial charge in [0.05, 0.1) is 22.6 Å². The topological polar surface area (TPSA) is 24.5 Å². The molecule has 5 aromatic rings. The molecule has 186 valence electrons. The lowest BCUT2D eigenvalue weighted by molar-refractivity contribution is -0.379. The Kier molecular flexibility index (Phi) is 4.73. The summed E-state index contributed by atoms with van der Waals surface area (Å²) in [4.78, 5) is 0. The molecule has 0 atom stereocenters. The summed E-state index contributed by atoms with van der Waals surface area (Å²) >= 11 is 0. The van der Waals surface area contributed by atoms with Crippen molar-refractivity contribution in [3.63, 3.8) is 0 Å². The minimum atomic E-state index is -4.63. The van der Waals surface area contributed by atoms with Crippen molar-refractivity contribution in [3.8, 4) is 11.5 Å². The summed E-state index contributed by atoms with van der Waals surface area (Å²) in [6.45, 7) is 0. The number of hydrogen-bond donors (Lipinski definition) is 0. The fourth-order valence-corrected chi connectivity index (χ4v) is 5.26. The number of benzene rings is 5. The summed E-state index contributed by atoms with van der Waals surface area (Å²) in [5, 5.41) is 3.10. The molecule has 0 N–H and O–H groups in total. The van der Waals surface area contributed by atoms with Crippen molar-refractivity contribution in [1.29, 1.82) is 0 Å². The monoisotopic (exact) mass is 512 g/mol. The van der Waals surface area contributed by atoms with Gasteiger partial charge in [-0.2, -0.15) is 0 Å². The van der Waals surface area contributed by atoms with E-state index in [1.807, 2.05) is 24.3 Å². The van der Waals surface area contributed by atoms with Crippen LogP contribution in [0.4, 0.5) is 28.6 Å². The van der Waals surface area contributed by atoms with Gasteiger partial charge in [0.2, 0.25) is 11.4 Å². The zero-order valence-corrected chi connectivity index (χ0v) is 19.8. The van der Waals surface area contributed by atoms with E-state index in [4.69, 9.17) is 9.31 Å². The number of rotatable bonds is 2. The first kappa shape index (κ1) is 22.6. The van der Waals surface area contributed by atoms with E-state index in [1.165, 1.54) is 48.8 Å². The summed E-state index contributed by atoms with van der Waals surface area (Å²) in [5.74, 6) is 0.0653. The molecule has 2 heterocycles. The lowest BCUT2D eigenvalue weighted by Gasteiger charge is -2.31. The Labute approximate surface area is 214 Å². The van der Waals surface area contributed by atoms with Gasteiger partial charge in [-0.15, -0.1) is 0 Å². The molecule has 4 nitrogen and oxygen atoms in total. The van der Waals surface area contributed by atoms with E-state index in [9.17, 15) is 0 Å². The molecular formula is C28H18B2F4N2O2. The van der Waals surface area contributed by atoms with Crippen LogP contribution in [-0.4, -0.2) is 35.5 Å². The molecule has 0 radical (unpaired) electrons. The molecule has 0 unspecified atom stereocenters. The number of halogens is 4. The third-order valence-corrected chi connectivity index (χ3v) is 7.02. The summed E-state index contributed by atoms with van der Waals surface area (Å²) in [7, 11) is -9.26. The average Bonchev–Trinajstić information content (AvgIpc) is 2.91. The zero-order chi connectivity index (χ0) is 26.1. The lowest BCUT2D eigenvalue weighted by atomic mass is 9.93. The number of hydrogen-bond acceptors (Lipinski definition) is 2. The van der Waals surface area contributed by atoms with Crippen molar-refractivity contribution in [2.24, 2.45) is 0 Å². The second-order valence-corrected chi connectivity index (χ2v) is 9.32. The minimum absolute atomic E-state index is 0.0326. The first-order valence-corrected chi connectivity index (χ1v) is 12.1. The average molecular weight is 512 g/mol. The largest absolute Gasteiger partial charge is 0.834 e. The van der Waals surface area contributed by atoms with Crippen molar-refractivity contribution >= 4 is 59.4 Å². The summed E-state index contributed by atoms with van der Waals surface area (Å²) in [5.41, 5.74) is 0.610. The molecular weight excluding hydrogens is 494 g/mol. The van der Waals surface area contributed by atoms with E-state index < -0.39 is 14.1 Å². The van der Waals surface area contributed by atoms with Crippen LogP contribution >= 0.6 is 0 Å². The Morgan fingerprint density at radius 2 is 0.868 bits per heavy atom. The highest BCUT2D eigenvalue weighted by Crippen LogP contribution is 2.41. The SMILES string of the molecule is F[B-]1(F)Oc2ccc3ccccc3c2C=[N+]1c1ccccc1[N+]1=Cc2c(ccc3ccccc23)O[B-]1(F)F. The minimum Gasteiger partial charge on any atom is -0.599 e. The van der Waals surface area contributed by atoms with Crippen LogP contribution in [0.25, 0.3) is 21.5 Å². The lowest BCUT2D eigenvalue weighted by Crippen LogP contribution is -2.49. The Balaban J connectivity index is 1.47. The van der Waals surface area contributed by atoms with E-state index >= 15 is 17.3 Å². The highest BCUT2D eigenvalue weighted by Gasteiger charge is 2.55. The molecule has 0 spiro atoms. The van der Waals surface area contributed by atoms with Crippen LogP contribution in [0, 0.1) is 0 Å². The van der Waals surface area contributed by atoms with Crippen molar-refractivity contribution in [2.45, 2.75) is 0 Å². The number of nitrogens with zero attached hydrogens (tertiary/aromatic N) is 2. The van der Waals surface area contributed by atoms with E-state index in [-0.39, 0.29) is 22.9 Å². The number of para-hydroxylation sites is 2. The normalized spacial score (nSPS) is 17.1. The third kappa shape index (κ3) is 3.40. The summed E-state index contributed by atoms with van der Waals surface area (Å²) in [6.07, 6.45) is 2.55. The van der Waals surface area contributed by atoms with Crippen LogP contribution in [0.1, 0.15) is 11.1 Å². The molecule has 0 amide bonds. The van der Waals surface area contributed by atoms with Crippen LogP contribution in [0.3, 0.4) is 0 Å². The first-order chi connectivity index (χ1) is 18.3. The van der Waals surface area contributed by atoms with E-state index in [0.717, 1.165) is 10.8 Å². The Bertz CT molecular complexity index is 1720. The molecule has 0 saturated carbocycles. The quantitative estimate of drug-likeness (QED) is 0.187. The van der Waals surface area contributed by atoms with Gasteiger partial charge < -0.3 is 35.5 Å². The van der Waals surface area contributed by atoms with Gasteiger partial charge in [0.25, 0.3) is 0 Å². The molecule has 38 heavy (non-hydrogen) atoms. The number of fused-ring (bicyclic) bond motifs is 6. The van der Waals surface area contributed by atoms with E-state index in [0.29, 0.717) is 30.9 Å². The maximum absolute atomic E-state index is 15.5. The van der Waals surface area contributed by atoms with Crippen molar-refractivity contribution < 1.29 is 35.5 Å². The molecule has 2 aliphatic heterocycles. The van der Waals surface area contributed by atoms with Crippen LogP contribution in [0.2, 0.25) is 0 Å². The molecule has 0 aliphatic carbocycles. The Morgan fingerprint density at radius 3 is 1.32 bits per heavy atom. The van der Waals surface area contributed by atoms with Gasteiger partial charge in [-0.1, -0.05) is 72.8 Å². The van der Waals surface area contributed by atoms with Gasteiger partial charge in [0.15, 0.2) is 0 Å². The van der Waals surface area contributed by atoms with Crippen LogP contribution in [0.15, 0.2) is 97.1 Å². The third-order valence-electron chi connectivity index (χ3n) is 7.02. The molecule has 10 heteroatoms. The van der Waals surface area contributed by atoms with E-state index in [2.05, 4.69) is 0 Å². The van der Waals surface area contributed by atoms with Gasteiger partial charge in [0, 0.05) is 12.1 Å². The fraction of sp³-hybridized carbons (Fsp3) is 0. The Morgan fingerprint density at radius 1 is 0.474 bits per heavy atom. The predicted octanol–water partition coefficient (Wildman–Crippen LogP) is 7.05. The molecule has 2 aliphatic rings. The van der Waals surface area contributed by atoms with Gasteiger partial charge in [-0.3, -0.25) is 0 Å². The standard InChI is InChI=1S/C28H18B2F4N2O2/c31-29(32)35(17-23-21-9-3-1-7-19(21)13-15-27(23)37-29)25-11-5-6-12-26(25)36-18-24-22-10-4-2-8-20(22)14-16-28(24)38-30(36,33)34/h1-18H. The van der Waals surface area contributed by atoms with Crippen LogP contribution in [-0.2, 0) is 0 Å². The second kappa shape index (κ2) is 7.95. The first-order valence-electron chi connectivity index (χ1n) is 12.1. The molecule has 0 fully saturated rings. The van der Waals surface area contributed by atoms with Gasteiger partial charge in [-0.25, -0.2) is 0 Å². The van der Waals surface area contributed by atoms with Gasteiger partial charge >= 0.3 is 14.1 Å². The van der Waals surface area contributed by atoms with Crippen molar-refractivity contribution in [2.75, 3.05) is 0 Å². The highest BCUT2D eigenvalue weighted by atomic mass is 19.3. The van der Waals surface area contributed by atoms with E-state index in [1.54, 1.807) is 36.4 Å². The van der Waals surface area contributed by atoms with Crippen molar-refractivity contribution in [3.05, 3.63) is 108 Å². The second-order valence-electron chi connectivity index (χ2n) is 9.32. The van der Waals surface area contributed by atoms with Crippen LogP contribution in [0.5, 0.6) is 11.5 Å². The molecule has 7 rings (SSSR count). The summed E-state index contributed by atoms with van der Waals surface area (Å²) < 4.78 is 73.7. The fourth-order valence-electron chi connectivity index (χ4n) is 5.26. The van der Waals surface area contributed by atoms with Crippen LogP contribution < -0.4 is 9.31 Å². The van der Waals surface area contributed by atoms with Gasteiger partial charge in [0.1, 0.15) is 12.4 Å². The zero-order valence-electron chi connectivity index (χ0n) is 19.8. The smallest absolute Gasteiger partial charge is 0.599 e. The van der Waals surface area contributed by atoms with Gasteiger partial charge in [-0.05, 0) is 33.7 Å².